The molecule has 0 bridgehead atoms. The molecule has 0 amide bonds. The molecule has 0 aliphatic heterocycles. The number of hydrogen-bond donors (Lipinski definition) is 0. The maximum absolute atomic E-state index is 5.49. The van der Waals surface area contributed by atoms with Crippen molar-refractivity contribution in [3.05, 3.63) is 53.4 Å². The van der Waals surface area contributed by atoms with Crippen molar-refractivity contribution in [2.75, 3.05) is 14.2 Å². The van der Waals surface area contributed by atoms with Gasteiger partial charge in [-0.25, -0.2) is 0 Å². The van der Waals surface area contributed by atoms with Gasteiger partial charge in [0.05, 0.1) is 19.8 Å². The third-order valence-corrected chi connectivity index (χ3v) is 4.20. The normalized spacial score (nSPS) is 10.3. The van der Waals surface area contributed by atoms with Gasteiger partial charge in [-0.1, -0.05) is 36.5 Å². The van der Waals surface area contributed by atoms with E-state index >= 15 is 0 Å². The number of methoxy groups -OCH3 is 2. The fourth-order valence-corrected chi connectivity index (χ4v) is 2.98. The molecule has 3 heteroatoms. The molecule has 0 saturated carbocycles. The predicted molar refractivity (Wildman–Crippen MR) is 90.4 cm³/mol. The Morgan fingerprint density at radius 3 is 2.19 bits per heavy atom. The summed E-state index contributed by atoms with van der Waals surface area (Å²) in [6.45, 7) is 8.09. The van der Waals surface area contributed by atoms with E-state index in [1.807, 2.05) is 25.1 Å². The van der Waals surface area contributed by atoms with E-state index in [0.717, 1.165) is 27.5 Å². The van der Waals surface area contributed by atoms with E-state index < -0.39 is 0 Å². The second-order valence-electron chi connectivity index (χ2n) is 4.82. The molecule has 0 aromatic heterocycles. The second kappa shape index (κ2) is 6.72. The van der Waals surface area contributed by atoms with Crippen LogP contribution in [0.15, 0.2) is 52.8 Å². The highest BCUT2D eigenvalue weighted by Gasteiger charge is 2.13. The molecule has 0 N–H and O–H groups in total. The summed E-state index contributed by atoms with van der Waals surface area (Å²) in [5.41, 5.74) is 3.30. The van der Waals surface area contributed by atoms with Crippen LogP contribution in [0.1, 0.15) is 12.5 Å². The van der Waals surface area contributed by atoms with Gasteiger partial charge in [0.2, 0.25) is 0 Å². The lowest BCUT2D eigenvalue weighted by Crippen LogP contribution is -1.93. The highest BCUT2D eigenvalue weighted by atomic mass is 32.2. The Morgan fingerprint density at radius 1 is 1.05 bits per heavy atom. The maximum atomic E-state index is 5.49. The molecule has 0 radical (unpaired) electrons. The molecule has 0 fully saturated rings. The van der Waals surface area contributed by atoms with Gasteiger partial charge in [-0.2, -0.15) is 0 Å². The van der Waals surface area contributed by atoms with Crippen LogP contribution in [0.4, 0.5) is 0 Å². The van der Waals surface area contributed by atoms with E-state index in [1.165, 1.54) is 10.5 Å². The first-order chi connectivity index (χ1) is 10.1. The van der Waals surface area contributed by atoms with Crippen LogP contribution in [-0.2, 0) is 0 Å². The highest BCUT2D eigenvalue weighted by molar-refractivity contribution is 8.03. The van der Waals surface area contributed by atoms with Gasteiger partial charge in [-0.3, -0.25) is 0 Å². The smallest absolute Gasteiger partial charge is 0.130 e. The Morgan fingerprint density at radius 2 is 1.67 bits per heavy atom. The van der Waals surface area contributed by atoms with Crippen molar-refractivity contribution in [1.82, 2.24) is 0 Å². The summed E-state index contributed by atoms with van der Waals surface area (Å²) in [5, 5.41) is 0. The molecule has 21 heavy (non-hydrogen) atoms. The lowest BCUT2D eigenvalue weighted by atomic mass is 10.0. The van der Waals surface area contributed by atoms with Crippen LogP contribution >= 0.6 is 11.8 Å². The number of rotatable bonds is 5. The first-order valence-corrected chi connectivity index (χ1v) is 7.54. The van der Waals surface area contributed by atoms with Crippen LogP contribution in [0.2, 0.25) is 0 Å². The molecule has 2 nitrogen and oxygen atoms in total. The number of allylic oxidation sites excluding steroid dienone is 1. The summed E-state index contributed by atoms with van der Waals surface area (Å²) >= 11 is 1.68. The van der Waals surface area contributed by atoms with Gasteiger partial charge in [0.1, 0.15) is 11.5 Å². The molecule has 0 heterocycles. The van der Waals surface area contributed by atoms with Crippen LogP contribution in [0.5, 0.6) is 11.5 Å². The molecular weight excluding hydrogens is 280 g/mol. The minimum atomic E-state index is 0.810. The van der Waals surface area contributed by atoms with Gasteiger partial charge < -0.3 is 9.47 Å². The number of aryl methyl sites for hydroxylation is 1. The van der Waals surface area contributed by atoms with Gasteiger partial charge in [-0.15, -0.1) is 0 Å². The maximum Gasteiger partial charge on any atom is 0.130 e. The van der Waals surface area contributed by atoms with Gasteiger partial charge in [-0.05, 0) is 48.1 Å². The lowest BCUT2D eigenvalue weighted by Gasteiger charge is -2.15. The van der Waals surface area contributed by atoms with Gasteiger partial charge in [0, 0.05) is 4.90 Å². The Kier molecular flexibility index (Phi) is 4.97. The minimum Gasteiger partial charge on any atom is -0.496 e. The van der Waals surface area contributed by atoms with Crippen molar-refractivity contribution < 1.29 is 9.47 Å². The first kappa shape index (κ1) is 15.5. The lowest BCUT2D eigenvalue weighted by molar-refractivity contribution is 0.397. The van der Waals surface area contributed by atoms with Gasteiger partial charge >= 0.3 is 0 Å². The van der Waals surface area contributed by atoms with Crippen LogP contribution in [0, 0.1) is 6.92 Å². The van der Waals surface area contributed by atoms with Crippen molar-refractivity contribution >= 4 is 11.8 Å². The average Bonchev–Trinajstić information content (AvgIpc) is 2.48. The molecule has 0 unspecified atom stereocenters. The van der Waals surface area contributed by atoms with Crippen molar-refractivity contribution in [2.24, 2.45) is 0 Å². The Hall–Kier alpha value is -1.87. The van der Waals surface area contributed by atoms with Crippen LogP contribution in [0.25, 0.3) is 11.1 Å². The second-order valence-corrected chi connectivity index (χ2v) is 6.16. The summed E-state index contributed by atoms with van der Waals surface area (Å²) in [4.78, 5) is 2.27. The van der Waals surface area contributed by atoms with E-state index in [0.29, 0.717) is 0 Å². The fourth-order valence-electron chi connectivity index (χ4n) is 2.19. The largest absolute Gasteiger partial charge is 0.496 e. The average molecular weight is 300 g/mol. The standard InChI is InChI=1S/C18H20O2S/c1-12(2)21-17-11-14(10-9-13(17)3)18-15(19-4)7-6-8-16(18)20-5/h6-11H,1H2,2-5H3. The minimum absolute atomic E-state index is 0.810. The third-order valence-electron chi connectivity index (χ3n) is 3.19. The summed E-state index contributed by atoms with van der Waals surface area (Å²) in [6.07, 6.45) is 0. The van der Waals surface area contributed by atoms with E-state index in [2.05, 4.69) is 31.7 Å². The van der Waals surface area contributed by atoms with Gasteiger partial charge in [0.15, 0.2) is 0 Å². The van der Waals surface area contributed by atoms with Gasteiger partial charge in [0.25, 0.3) is 0 Å². The van der Waals surface area contributed by atoms with Crippen molar-refractivity contribution in [3.63, 3.8) is 0 Å². The predicted octanol–water partition coefficient (Wildman–Crippen LogP) is 5.30. The van der Waals surface area contributed by atoms with E-state index in [9.17, 15) is 0 Å². The summed E-state index contributed by atoms with van der Waals surface area (Å²) in [5.74, 6) is 1.62. The monoisotopic (exact) mass is 300 g/mol. The van der Waals surface area contributed by atoms with E-state index in [-0.39, 0.29) is 0 Å². The molecule has 2 aromatic rings. The van der Waals surface area contributed by atoms with Crippen molar-refractivity contribution in [3.8, 4) is 22.6 Å². The topological polar surface area (TPSA) is 18.5 Å². The number of thioether (sulfide) groups is 1. The summed E-state index contributed by atoms with van der Waals surface area (Å²) in [7, 11) is 3.35. The zero-order valence-corrected chi connectivity index (χ0v) is 13.7. The molecule has 0 saturated heterocycles. The molecule has 2 rings (SSSR count). The Labute approximate surface area is 130 Å². The summed E-state index contributed by atoms with van der Waals surface area (Å²) in [6, 6.07) is 12.2. The zero-order chi connectivity index (χ0) is 15.4. The zero-order valence-electron chi connectivity index (χ0n) is 12.9. The number of ether oxygens (including phenoxy) is 2. The molecule has 0 atom stereocenters. The Bertz CT molecular complexity index is 640. The number of hydrogen-bond acceptors (Lipinski definition) is 3. The van der Waals surface area contributed by atoms with Crippen LogP contribution in [-0.4, -0.2) is 14.2 Å². The SMILES string of the molecule is C=C(C)Sc1cc(-c2c(OC)cccc2OC)ccc1C. The molecular formula is C18H20O2S. The molecule has 0 aliphatic carbocycles. The van der Waals surface area contributed by atoms with Crippen LogP contribution in [0.3, 0.4) is 0 Å². The summed E-state index contributed by atoms with van der Waals surface area (Å²) < 4.78 is 11.0. The fraction of sp³-hybridized carbons (Fsp3) is 0.222. The quantitative estimate of drug-likeness (QED) is 0.698. The number of benzene rings is 2. The van der Waals surface area contributed by atoms with Crippen molar-refractivity contribution in [2.45, 2.75) is 18.7 Å². The van der Waals surface area contributed by atoms with E-state index in [4.69, 9.17) is 9.47 Å². The van der Waals surface area contributed by atoms with Crippen molar-refractivity contribution in [1.29, 1.82) is 0 Å². The molecule has 0 aliphatic rings. The third kappa shape index (κ3) is 3.42. The molecule has 0 spiro atoms. The highest BCUT2D eigenvalue weighted by Crippen LogP contribution is 2.40. The first-order valence-electron chi connectivity index (χ1n) is 6.72. The molecule has 110 valence electrons. The Balaban J connectivity index is 2.59. The van der Waals surface area contributed by atoms with E-state index in [1.54, 1.807) is 26.0 Å². The van der Waals surface area contributed by atoms with Crippen LogP contribution < -0.4 is 9.47 Å². The molecule has 2 aromatic carbocycles.